The molecule has 1 rings (SSSR count). The lowest BCUT2D eigenvalue weighted by Gasteiger charge is -2.15. The Labute approximate surface area is 112 Å². The molecule has 5 heteroatoms. The number of halogens is 1. The van der Waals surface area contributed by atoms with Crippen LogP contribution in [-0.2, 0) is 9.53 Å². The Kier molecular flexibility index (Phi) is 6.12. The maximum Gasteiger partial charge on any atom is 0.225 e. The summed E-state index contributed by atoms with van der Waals surface area (Å²) < 4.78 is 4.89. The van der Waals surface area contributed by atoms with Crippen LogP contribution < -0.4 is 5.32 Å². The molecule has 2 unspecified atom stereocenters. The van der Waals surface area contributed by atoms with E-state index >= 15 is 0 Å². The predicted octanol–water partition coefficient (Wildman–Crippen LogP) is 1.77. The van der Waals surface area contributed by atoms with E-state index in [0.717, 1.165) is 5.56 Å². The number of carbonyl (C=O) groups is 1. The van der Waals surface area contributed by atoms with Crippen molar-refractivity contribution in [2.75, 3.05) is 20.3 Å². The molecule has 0 saturated carbocycles. The van der Waals surface area contributed by atoms with E-state index in [2.05, 4.69) is 5.32 Å². The number of amides is 1. The summed E-state index contributed by atoms with van der Waals surface area (Å²) in [6, 6.07) is 6.88. The van der Waals surface area contributed by atoms with Crippen LogP contribution in [0.2, 0.25) is 5.02 Å². The third-order valence-corrected chi connectivity index (χ3v) is 2.84. The van der Waals surface area contributed by atoms with Crippen molar-refractivity contribution in [2.45, 2.75) is 13.0 Å². The van der Waals surface area contributed by atoms with Gasteiger partial charge in [-0.05, 0) is 17.7 Å². The van der Waals surface area contributed by atoms with E-state index in [0.29, 0.717) is 11.6 Å². The van der Waals surface area contributed by atoms with Gasteiger partial charge in [-0.15, -0.1) is 0 Å². The Morgan fingerprint density at radius 2 is 2.06 bits per heavy atom. The molecule has 0 aromatic heterocycles. The van der Waals surface area contributed by atoms with Gasteiger partial charge in [0.2, 0.25) is 5.91 Å². The van der Waals surface area contributed by atoms with E-state index in [1.54, 1.807) is 38.3 Å². The molecular formula is C13H18ClNO3. The topological polar surface area (TPSA) is 58.6 Å². The molecule has 0 heterocycles. The second-order valence-electron chi connectivity index (χ2n) is 4.17. The van der Waals surface area contributed by atoms with E-state index in [1.807, 2.05) is 0 Å². The Hall–Kier alpha value is -1.10. The molecule has 0 radical (unpaired) electrons. The number of aliphatic hydroxyl groups excluding tert-OH is 1. The van der Waals surface area contributed by atoms with E-state index in [4.69, 9.17) is 16.3 Å². The fourth-order valence-corrected chi connectivity index (χ4v) is 1.63. The summed E-state index contributed by atoms with van der Waals surface area (Å²) >= 11 is 5.75. The molecule has 2 atom stereocenters. The van der Waals surface area contributed by atoms with Crippen LogP contribution in [0.5, 0.6) is 0 Å². The zero-order chi connectivity index (χ0) is 13.5. The van der Waals surface area contributed by atoms with Crippen molar-refractivity contribution in [1.29, 1.82) is 0 Å². The number of rotatable bonds is 6. The minimum absolute atomic E-state index is 0.134. The molecule has 1 aromatic rings. The Morgan fingerprint density at radius 3 is 2.61 bits per heavy atom. The first-order valence-electron chi connectivity index (χ1n) is 5.74. The van der Waals surface area contributed by atoms with Gasteiger partial charge < -0.3 is 15.2 Å². The lowest BCUT2D eigenvalue weighted by atomic mass is 10.1. The van der Waals surface area contributed by atoms with Gasteiger partial charge in [-0.25, -0.2) is 0 Å². The van der Waals surface area contributed by atoms with Crippen LogP contribution in [-0.4, -0.2) is 31.3 Å². The van der Waals surface area contributed by atoms with Crippen LogP contribution in [0.25, 0.3) is 0 Å². The summed E-state index contributed by atoms with van der Waals surface area (Å²) in [5, 5.41) is 13.2. The first-order chi connectivity index (χ1) is 8.54. The minimum Gasteiger partial charge on any atom is -0.387 e. The number of hydrogen-bond acceptors (Lipinski definition) is 3. The van der Waals surface area contributed by atoms with Crippen LogP contribution in [0, 0.1) is 5.92 Å². The maximum absolute atomic E-state index is 11.6. The fraction of sp³-hybridized carbons (Fsp3) is 0.462. The van der Waals surface area contributed by atoms with Gasteiger partial charge in [-0.2, -0.15) is 0 Å². The number of nitrogens with one attached hydrogen (secondary N) is 1. The van der Waals surface area contributed by atoms with E-state index in [9.17, 15) is 9.90 Å². The molecule has 0 saturated heterocycles. The normalized spacial score (nSPS) is 14.0. The lowest BCUT2D eigenvalue weighted by molar-refractivity contribution is -0.126. The summed E-state index contributed by atoms with van der Waals surface area (Å²) in [7, 11) is 1.55. The highest BCUT2D eigenvalue weighted by Gasteiger charge is 2.14. The highest BCUT2D eigenvalue weighted by atomic mass is 35.5. The molecular weight excluding hydrogens is 254 g/mol. The molecule has 2 N–H and O–H groups in total. The molecule has 0 aliphatic rings. The Bertz CT molecular complexity index is 380. The lowest BCUT2D eigenvalue weighted by Crippen LogP contribution is -2.34. The highest BCUT2D eigenvalue weighted by Crippen LogP contribution is 2.15. The molecule has 18 heavy (non-hydrogen) atoms. The zero-order valence-electron chi connectivity index (χ0n) is 10.5. The van der Waals surface area contributed by atoms with Crippen LogP contribution in [0.3, 0.4) is 0 Å². The number of methoxy groups -OCH3 is 1. The van der Waals surface area contributed by atoms with Gasteiger partial charge in [-0.1, -0.05) is 30.7 Å². The summed E-state index contributed by atoms with van der Waals surface area (Å²) in [5.41, 5.74) is 0.721. The number of ether oxygens (including phenoxy) is 1. The summed E-state index contributed by atoms with van der Waals surface area (Å²) in [5.74, 6) is -0.364. The highest BCUT2D eigenvalue weighted by molar-refractivity contribution is 6.30. The van der Waals surface area contributed by atoms with Gasteiger partial charge in [0, 0.05) is 18.7 Å². The second kappa shape index (κ2) is 7.36. The molecule has 0 aliphatic carbocycles. The van der Waals surface area contributed by atoms with Crippen LogP contribution in [0.15, 0.2) is 24.3 Å². The summed E-state index contributed by atoms with van der Waals surface area (Å²) in [6.07, 6.45) is -0.735. The molecule has 0 aliphatic heterocycles. The van der Waals surface area contributed by atoms with Crippen molar-refractivity contribution in [3.05, 3.63) is 34.9 Å². The standard InChI is InChI=1S/C13H18ClNO3/c1-9(8-18-2)13(17)15-7-12(16)10-3-5-11(14)6-4-10/h3-6,9,12,16H,7-8H2,1-2H3,(H,15,17). The molecule has 4 nitrogen and oxygen atoms in total. The molecule has 100 valence electrons. The van der Waals surface area contributed by atoms with Gasteiger partial charge in [-0.3, -0.25) is 4.79 Å². The van der Waals surface area contributed by atoms with Crippen LogP contribution in [0.1, 0.15) is 18.6 Å². The molecule has 0 fully saturated rings. The largest absolute Gasteiger partial charge is 0.387 e. The molecule has 0 bridgehead atoms. The quantitative estimate of drug-likeness (QED) is 0.829. The van der Waals surface area contributed by atoms with E-state index in [1.165, 1.54) is 0 Å². The van der Waals surface area contributed by atoms with Crippen molar-refractivity contribution in [2.24, 2.45) is 5.92 Å². The summed E-state index contributed by atoms with van der Waals surface area (Å²) in [4.78, 5) is 11.6. The third kappa shape index (κ3) is 4.64. The van der Waals surface area contributed by atoms with Crippen LogP contribution >= 0.6 is 11.6 Å². The smallest absolute Gasteiger partial charge is 0.225 e. The Balaban J connectivity index is 2.43. The van der Waals surface area contributed by atoms with Crippen molar-refractivity contribution in [3.8, 4) is 0 Å². The third-order valence-electron chi connectivity index (χ3n) is 2.59. The number of hydrogen-bond donors (Lipinski definition) is 2. The monoisotopic (exact) mass is 271 g/mol. The zero-order valence-corrected chi connectivity index (χ0v) is 11.3. The van der Waals surface area contributed by atoms with E-state index in [-0.39, 0.29) is 18.4 Å². The van der Waals surface area contributed by atoms with Crippen molar-refractivity contribution < 1.29 is 14.6 Å². The number of aliphatic hydroxyl groups is 1. The maximum atomic E-state index is 11.6. The first-order valence-corrected chi connectivity index (χ1v) is 6.12. The van der Waals surface area contributed by atoms with Gasteiger partial charge in [0.15, 0.2) is 0 Å². The average Bonchev–Trinajstić information content (AvgIpc) is 2.36. The minimum atomic E-state index is -0.735. The van der Waals surface area contributed by atoms with Crippen molar-refractivity contribution >= 4 is 17.5 Å². The first kappa shape index (κ1) is 15.0. The van der Waals surface area contributed by atoms with Crippen LogP contribution in [0.4, 0.5) is 0 Å². The summed E-state index contributed by atoms with van der Waals surface area (Å²) in [6.45, 7) is 2.31. The van der Waals surface area contributed by atoms with Crippen molar-refractivity contribution in [1.82, 2.24) is 5.32 Å². The predicted molar refractivity (Wildman–Crippen MR) is 70.5 cm³/mol. The molecule has 1 aromatic carbocycles. The molecule has 1 amide bonds. The SMILES string of the molecule is COCC(C)C(=O)NCC(O)c1ccc(Cl)cc1. The van der Waals surface area contributed by atoms with Gasteiger partial charge in [0.25, 0.3) is 0 Å². The molecule has 0 spiro atoms. The Morgan fingerprint density at radius 1 is 1.44 bits per heavy atom. The number of carbonyl (C=O) groups excluding carboxylic acids is 1. The average molecular weight is 272 g/mol. The van der Waals surface area contributed by atoms with Gasteiger partial charge in [0.05, 0.1) is 18.6 Å². The van der Waals surface area contributed by atoms with Crippen molar-refractivity contribution in [3.63, 3.8) is 0 Å². The van der Waals surface area contributed by atoms with E-state index < -0.39 is 6.10 Å². The second-order valence-corrected chi connectivity index (χ2v) is 4.61. The fourth-order valence-electron chi connectivity index (χ4n) is 1.50. The van der Waals surface area contributed by atoms with Gasteiger partial charge in [0.1, 0.15) is 0 Å². The van der Waals surface area contributed by atoms with Gasteiger partial charge >= 0.3 is 0 Å². The number of benzene rings is 1.